The Morgan fingerprint density at radius 1 is 1.32 bits per heavy atom. The van der Waals surface area contributed by atoms with Gasteiger partial charge >= 0.3 is 6.03 Å². The second-order valence-electron chi connectivity index (χ2n) is 5.73. The number of hydrogen-bond acceptors (Lipinski definition) is 3. The van der Waals surface area contributed by atoms with Gasteiger partial charge in [-0.1, -0.05) is 50.6 Å². The molecule has 2 atom stereocenters. The SMILES string of the molecule is CCCC(C)C(=O)NN1C(=O)NC(C)(c2ccccc2)C1=O. The fraction of sp³-hybridized carbons (Fsp3) is 0.438. The Balaban J connectivity index is 2.17. The fourth-order valence-corrected chi connectivity index (χ4v) is 2.49. The largest absolute Gasteiger partial charge is 0.344 e. The summed E-state index contributed by atoms with van der Waals surface area (Å²) in [5.41, 5.74) is 1.93. The van der Waals surface area contributed by atoms with Crippen molar-refractivity contribution in [2.24, 2.45) is 5.92 Å². The molecule has 2 rings (SSSR count). The highest BCUT2D eigenvalue weighted by atomic mass is 16.2. The highest BCUT2D eigenvalue weighted by Gasteiger charge is 2.50. The Kier molecular flexibility index (Phi) is 4.49. The quantitative estimate of drug-likeness (QED) is 0.816. The second-order valence-corrected chi connectivity index (χ2v) is 5.73. The number of hydrazine groups is 1. The molecule has 0 aliphatic carbocycles. The van der Waals surface area contributed by atoms with Gasteiger partial charge in [-0.05, 0) is 18.9 Å². The number of carbonyl (C=O) groups excluding carboxylic acids is 3. The maximum Gasteiger partial charge on any atom is 0.344 e. The lowest BCUT2D eigenvalue weighted by atomic mass is 9.92. The fourth-order valence-electron chi connectivity index (χ4n) is 2.49. The molecule has 1 aromatic rings. The van der Waals surface area contributed by atoms with Crippen molar-refractivity contribution in [2.45, 2.75) is 39.2 Å². The van der Waals surface area contributed by atoms with Crippen LogP contribution < -0.4 is 10.7 Å². The maximum atomic E-state index is 12.6. The minimum absolute atomic E-state index is 0.255. The summed E-state index contributed by atoms with van der Waals surface area (Å²) in [6.45, 7) is 5.38. The first kappa shape index (κ1) is 16.0. The summed E-state index contributed by atoms with van der Waals surface area (Å²) in [4.78, 5) is 36.7. The van der Waals surface area contributed by atoms with Crippen LogP contribution in [0.25, 0.3) is 0 Å². The molecule has 1 aromatic carbocycles. The van der Waals surface area contributed by atoms with Crippen LogP contribution in [0, 0.1) is 5.92 Å². The summed E-state index contributed by atoms with van der Waals surface area (Å²) in [6.07, 6.45) is 1.56. The molecule has 0 radical (unpaired) electrons. The van der Waals surface area contributed by atoms with Crippen molar-refractivity contribution in [3.63, 3.8) is 0 Å². The van der Waals surface area contributed by atoms with Gasteiger partial charge in [0.25, 0.3) is 5.91 Å². The van der Waals surface area contributed by atoms with Crippen molar-refractivity contribution in [2.75, 3.05) is 0 Å². The van der Waals surface area contributed by atoms with Crippen LogP contribution in [0.1, 0.15) is 39.2 Å². The Morgan fingerprint density at radius 2 is 1.95 bits per heavy atom. The number of nitrogens with one attached hydrogen (secondary N) is 2. The minimum atomic E-state index is -1.17. The van der Waals surface area contributed by atoms with Crippen LogP contribution in [-0.2, 0) is 15.1 Å². The third kappa shape index (κ3) is 2.81. The van der Waals surface area contributed by atoms with Crippen LogP contribution in [0.2, 0.25) is 0 Å². The molecule has 1 fully saturated rings. The van der Waals surface area contributed by atoms with Crippen molar-refractivity contribution in [3.05, 3.63) is 35.9 Å². The van der Waals surface area contributed by atoms with E-state index in [2.05, 4.69) is 10.7 Å². The van der Waals surface area contributed by atoms with E-state index in [4.69, 9.17) is 0 Å². The van der Waals surface area contributed by atoms with Gasteiger partial charge in [0.15, 0.2) is 0 Å². The molecule has 1 aliphatic heterocycles. The molecule has 1 saturated heterocycles. The lowest BCUT2D eigenvalue weighted by molar-refractivity contribution is -0.140. The standard InChI is InChI=1S/C16H21N3O3/c1-4-8-11(2)13(20)18-19-14(21)16(3,17-15(19)22)12-9-6-5-7-10-12/h5-7,9-11H,4,8H2,1-3H3,(H,17,22)(H,18,20). The molecular weight excluding hydrogens is 282 g/mol. The van der Waals surface area contributed by atoms with E-state index >= 15 is 0 Å². The van der Waals surface area contributed by atoms with Gasteiger partial charge in [-0.25, -0.2) is 4.79 Å². The molecule has 1 heterocycles. The van der Waals surface area contributed by atoms with E-state index in [0.29, 0.717) is 12.0 Å². The predicted molar refractivity (Wildman–Crippen MR) is 81.4 cm³/mol. The number of urea groups is 1. The summed E-state index contributed by atoms with van der Waals surface area (Å²) in [5, 5.41) is 3.42. The summed E-state index contributed by atoms with van der Waals surface area (Å²) < 4.78 is 0. The maximum absolute atomic E-state index is 12.6. The van der Waals surface area contributed by atoms with Crippen molar-refractivity contribution in [1.82, 2.24) is 15.8 Å². The number of hydrogen-bond donors (Lipinski definition) is 2. The number of rotatable bonds is 5. The Labute approximate surface area is 129 Å². The van der Waals surface area contributed by atoms with Crippen molar-refractivity contribution < 1.29 is 14.4 Å². The molecule has 1 aliphatic rings. The summed E-state index contributed by atoms with van der Waals surface area (Å²) >= 11 is 0. The van der Waals surface area contributed by atoms with E-state index in [1.54, 1.807) is 38.1 Å². The molecule has 0 bridgehead atoms. The van der Waals surface area contributed by atoms with E-state index < -0.39 is 17.5 Å². The first-order valence-electron chi connectivity index (χ1n) is 7.43. The Morgan fingerprint density at radius 3 is 2.55 bits per heavy atom. The lowest BCUT2D eigenvalue weighted by Crippen LogP contribution is -2.49. The van der Waals surface area contributed by atoms with Gasteiger partial charge in [-0.2, -0.15) is 5.01 Å². The molecule has 0 aromatic heterocycles. The zero-order valence-electron chi connectivity index (χ0n) is 13.1. The topological polar surface area (TPSA) is 78.5 Å². The Hall–Kier alpha value is -2.37. The zero-order chi connectivity index (χ0) is 16.3. The van der Waals surface area contributed by atoms with Crippen molar-refractivity contribution in [1.29, 1.82) is 0 Å². The van der Waals surface area contributed by atoms with E-state index in [1.807, 2.05) is 13.0 Å². The van der Waals surface area contributed by atoms with Crippen LogP contribution in [0.15, 0.2) is 30.3 Å². The second kappa shape index (κ2) is 6.17. The summed E-state index contributed by atoms with van der Waals surface area (Å²) in [6, 6.07) is 8.34. The number of nitrogens with zero attached hydrogens (tertiary/aromatic N) is 1. The van der Waals surface area contributed by atoms with Gasteiger partial charge in [0, 0.05) is 5.92 Å². The van der Waals surface area contributed by atoms with E-state index in [-0.39, 0.29) is 11.8 Å². The van der Waals surface area contributed by atoms with Gasteiger partial charge in [-0.3, -0.25) is 15.0 Å². The van der Waals surface area contributed by atoms with Crippen LogP contribution in [0.3, 0.4) is 0 Å². The molecule has 118 valence electrons. The average Bonchev–Trinajstić information content (AvgIpc) is 2.73. The molecule has 2 unspecified atom stereocenters. The monoisotopic (exact) mass is 303 g/mol. The third-order valence-electron chi connectivity index (χ3n) is 3.93. The molecule has 22 heavy (non-hydrogen) atoms. The first-order chi connectivity index (χ1) is 10.4. The number of benzene rings is 1. The first-order valence-corrected chi connectivity index (χ1v) is 7.43. The normalized spacial score (nSPS) is 22.4. The van der Waals surface area contributed by atoms with Gasteiger partial charge < -0.3 is 5.32 Å². The molecule has 2 N–H and O–H groups in total. The number of amides is 4. The van der Waals surface area contributed by atoms with E-state index in [9.17, 15) is 14.4 Å². The van der Waals surface area contributed by atoms with Crippen molar-refractivity contribution >= 4 is 17.8 Å². The highest BCUT2D eigenvalue weighted by molar-refractivity contribution is 6.08. The van der Waals surface area contributed by atoms with Crippen LogP contribution in [0.4, 0.5) is 4.79 Å². The van der Waals surface area contributed by atoms with Gasteiger partial charge in [0.05, 0.1) is 0 Å². The average molecular weight is 303 g/mol. The van der Waals surface area contributed by atoms with Gasteiger partial charge in [0.2, 0.25) is 5.91 Å². The van der Waals surface area contributed by atoms with E-state index in [0.717, 1.165) is 11.4 Å². The van der Waals surface area contributed by atoms with Crippen molar-refractivity contribution in [3.8, 4) is 0 Å². The Bertz CT molecular complexity index is 588. The molecule has 0 saturated carbocycles. The summed E-state index contributed by atoms with van der Waals surface area (Å²) in [7, 11) is 0. The predicted octanol–water partition coefficient (Wildman–Crippen LogP) is 1.92. The third-order valence-corrected chi connectivity index (χ3v) is 3.93. The minimum Gasteiger partial charge on any atom is -0.318 e. The van der Waals surface area contributed by atoms with Crippen LogP contribution >= 0.6 is 0 Å². The highest BCUT2D eigenvalue weighted by Crippen LogP contribution is 2.27. The van der Waals surface area contributed by atoms with E-state index in [1.165, 1.54) is 0 Å². The van der Waals surface area contributed by atoms with Crippen LogP contribution in [-0.4, -0.2) is 22.9 Å². The van der Waals surface area contributed by atoms with Gasteiger partial charge in [-0.15, -0.1) is 0 Å². The lowest BCUT2D eigenvalue weighted by Gasteiger charge is -2.22. The molecule has 4 amide bonds. The zero-order valence-corrected chi connectivity index (χ0v) is 13.1. The molecule has 0 spiro atoms. The number of carbonyl (C=O) groups is 3. The van der Waals surface area contributed by atoms with Crippen LogP contribution in [0.5, 0.6) is 0 Å². The summed E-state index contributed by atoms with van der Waals surface area (Å²) in [5.74, 6) is -1.07. The molecule has 6 nitrogen and oxygen atoms in total. The molecular formula is C16H21N3O3. The molecule has 6 heteroatoms. The smallest absolute Gasteiger partial charge is 0.318 e. The van der Waals surface area contributed by atoms with Gasteiger partial charge in [0.1, 0.15) is 5.54 Å². The number of imide groups is 1.